The van der Waals surface area contributed by atoms with Gasteiger partial charge >= 0.3 is 0 Å². The zero-order valence-electron chi connectivity index (χ0n) is 16.6. The number of nitrogens with one attached hydrogen (secondary N) is 2. The largest absolute Gasteiger partial charge is 0.359 e. The van der Waals surface area contributed by atoms with Crippen molar-refractivity contribution < 1.29 is 4.79 Å². The summed E-state index contributed by atoms with van der Waals surface area (Å²) >= 11 is 0. The maximum atomic E-state index is 11.5. The highest BCUT2D eigenvalue weighted by molar-refractivity contribution is 14.0. The molecule has 2 saturated heterocycles. The van der Waals surface area contributed by atoms with Gasteiger partial charge in [0.15, 0.2) is 5.96 Å². The fourth-order valence-corrected chi connectivity index (χ4v) is 3.78. The van der Waals surface area contributed by atoms with Crippen LogP contribution < -0.4 is 10.6 Å². The van der Waals surface area contributed by atoms with Crippen LogP contribution in [0.3, 0.4) is 0 Å². The van der Waals surface area contributed by atoms with Gasteiger partial charge < -0.3 is 20.4 Å². The predicted molar refractivity (Wildman–Crippen MR) is 119 cm³/mol. The summed E-state index contributed by atoms with van der Waals surface area (Å²) < 4.78 is 0. The fraction of sp³-hybridized carbons (Fsp3) is 0.895. The maximum Gasteiger partial charge on any atom is 0.220 e. The van der Waals surface area contributed by atoms with Crippen LogP contribution >= 0.6 is 24.0 Å². The number of unbranched alkanes of at least 4 members (excludes halogenated alkanes) is 1. The molecule has 0 saturated carbocycles. The van der Waals surface area contributed by atoms with Gasteiger partial charge in [0.2, 0.25) is 5.91 Å². The molecular weight excluding hydrogens is 441 g/mol. The summed E-state index contributed by atoms with van der Waals surface area (Å²) in [7, 11) is 1.72. The van der Waals surface area contributed by atoms with Crippen LogP contribution in [0, 0.1) is 5.92 Å². The number of carbonyl (C=O) groups is 1. The molecule has 0 unspecified atom stereocenters. The lowest BCUT2D eigenvalue weighted by molar-refractivity contribution is -0.121. The Labute approximate surface area is 176 Å². The number of amides is 1. The van der Waals surface area contributed by atoms with Crippen LogP contribution in [0.4, 0.5) is 0 Å². The van der Waals surface area contributed by atoms with Crippen molar-refractivity contribution in [1.82, 2.24) is 20.4 Å². The first-order valence-corrected chi connectivity index (χ1v) is 10.2. The molecule has 0 aromatic carbocycles. The lowest BCUT2D eigenvalue weighted by Crippen LogP contribution is -2.46. The molecule has 26 heavy (non-hydrogen) atoms. The van der Waals surface area contributed by atoms with E-state index in [4.69, 9.17) is 4.99 Å². The van der Waals surface area contributed by atoms with Crippen LogP contribution in [0.5, 0.6) is 0 Å². The van der Waals surface area contributed by atoms with Crippen LogP contribution in [-0.4, -0.2) is 74.5 Å². The molecule has 2 fully saturated rings. The van der Waals surface area contributed by atoms with E-state index in [2.05, 4.69) is 27.4 Å². The summed E-state index contributed by atoms with van der Waals surface area (Å²) in [6, 6.07) is 0. The first kappa shape index (κ1) is 23.5. The summed E-state index contributed by atoms with van der Waals surface area (Å²) in [5.74, 6) is 1.73. The molecule has 2 heterocycles. The third-order valence-corrected chi connectivity index (χ3v) is 5.34. The van der Waals surface area contributed by atoms with E-state index in [1.54, 1.807) is 7.05 Å². The van der Waals surface area contributed by atoms with Crippen LogP contribution in [-0.2, 0) is 4.79 Å². The van der Waals surface area contributed by atoms with Gasteiger partial charge in [-0.3, -0.25) is 9.79 Å². The normalized spacial score (nSPS) is 19.3. The van der Waals surface area contributed by atoms with Crippen molar-refractivity contribution in [2.45, 2.75) is 51.9 Å². The number of piperidine rings is 1. The summed E-state index contributed by atoms with van der Waals surface area (Å²) in [6.07, 6.45) is 7.97. The molecule has 0 spiro atoms. The monoisotopic (exact) mass is 479 g/mol. The van der Waals surface area contributed by atoms with Crippen molar-refractivity contribution in [2.75, 3.05) is 52.9 Å². The molecule has 2 N–H and O–H groups in total. The fourth-order valence-electron chi connectivity index (χ4n) is 3.78. The van der Waals surface area contributed by atoms with Crippen molar-refractivity contribution in [1.29, 1.82) is 0 Å². The number of hydrogen-bond acceptors (Lipinski definition) is 3. The highest BCUT2D eigenvalue weighted by Gasteiger charge is 2.23. The number of aliphatic imine (C=N–C) groups is 1. The number of rotatable bonds is 8. The molecule has 0 atom stereocenters. The number of guanidine groups is 1. The van der Waals surface area contributed by atoms with Gasteiger partial charge in [-0.25, -0.2) is 0 Å². The van der Waals surface area contributed by atoms with Crippen LogP contribution in [0.1, 0.15) is 51.9 Å². The quantitative estimate of drug-likeness (QED) is 0.243. The number of hydrogen-bond donors (Lipinski definition) is 2. The van der Waals surface area contributed by atoms with E-state index in [-0.39, 0.29) is 29.9 Å². The minimum Gasteiger partial charge on any atom is -0.359 e. The lowest BCUT2D eigenvalue weighted by atomic mass is 9.93. The number of carbonyl (C=O) groups excluding carboxylic acids is 1. The molecular formula is C19H38IN5O. The summed E-state index contributed by atoms with van der Waals surface area (Å²) in [5.41, 5.74) is 0. The molecule has 0 radical (unpaired) electrons. The van der Waals surface area contributed by atoms with Crippen LogP contribution in [0.25, 0.3) is 0 Å². The predicted octanol–water partition coefficient (Wildman–Crippen LogP) is 2.29. The first-order chi connectivity index (χ1) is 12.2. The van der Waals surface area contributed by atoms with Gasteiger partial charge in [-0.15, -0.1) is 24.0 Å². The standard InChI is InChI=1S/C19H37N5O.HI/c1-3-21-19(22-10-4-5-11-23-12-6-7-13-23)24-14-8-17(9-15-24)16-18(25)20-2;/h17H,3-16H2,1-2H3,(H,20,25)(H,21,22);1H. The Balaban J connectivity index is 0.00000338. The second-order valence-corrected chi connectivity index (χ2v) is 7.30. The highest BCUT2D eigenvalue weighted by atomic mass is 127. The van der Waals surface area contributed by atoms with Gasteiger partial charge in [-0.2, -0.15) is 0 Å². The molecule has 7 heteroatoms. The average molecular weight is 479 g/mol. The minimum atomic E-state index is 0. The second-order valence-electron chi connectivity index (χ2n) is 7.30. The average Bonchev–Trinajstić information content (AvgIpc) is 3.14. The molecule has 1 amide bonds. The van der Waals surface area contributed by atoms with Crippen molar-refractivity contribution in [3.8, 4) is 0 Å². The Morgan fingerprint density at radius 3 is 2.42 bits per heavy atom. The highest BCUT2D eigenvalue weighted by Crippen LogP contribution is 2.20. The van der Waals surface area contributed by atoms with Crippen LogP contribution in [0.15, 0.2) is 4.99 Å². The third-order valence-electron chi connectivity index (χ3n) is 5.34. The number of halogens is 1. The molecule has 152 valence electrons. The Morgan fingerprint density at radius 1 is 1.12 bits per heavy atom. The van der Waals surface area contributed by atoms with Crippen molar-refractivity contribution in [3.63, 3.8) is 0 Å². The Morgan fingerprint density at radius 2 is 1.81 bits per heavy atom. The van der Waals surface area contributed by atoms with E-state index in [0.29, 0.717) is 12.3 Å². The Hall–Kier alpha value is -0.570. The second kappa shape index (κ2) is 13.6. The Kier molecular flexibility index (Phi) is 12.3. The molecule has 0 aromatic rings. The molecule has 2 rings (SSSR count). The Bertz CT molecular complexity index is 418. The number of nitrogens with zero attached hydrogens (tertiary/aromatic N) is 3. The van der Waals surface area contributed by atoms with Gasteiger partial charge in [0, 0.05) is 39.6 Å². The molecule has 0 aromatic heterocycles. The minimum absolute atomic E-state index is 0. The first-order valence-electron chi connectivity index (χ1n) is 10.2. The van der Waals surface area contributed by atoms with Gasteiger partial charge in [-0.05, 0) is 71.0 Å². The third kappa shape index (κ3) is 8.41. The topological polar surface area (TPSA) is 60.0 Å². The van der Waals surface area contributed by atoms with Crippen molar-refractivity contribution in [2.24, 2.45) is 10.9 Å². The van der Waals surface area contributed by atoms with E-state index in [1.807, 2.05) is 0 Å². The summed E-state index contributed by atoms with van der Waals surface area (Å²) in [4.78, 5) is 21.3. The maximum absolute atomic E-state index is 11.5. The van der Waals surface area contributed by atoms with E-state index in [1.165, 1.54) is 45.3 Å². The molecule has 2 aliphatic heterocycles. The summed E-state index contributed by atoms with van der Waals surface area (Å²) in [5, 5.41) is 6.17. The van der Waals surface area contributed by atoms with E-state index in [0.717, 1.165) is 45.0 Å². The van der Waals surface area contributed by atoms with Gasteiger partial charge in [-0.1, -0.05) is 0 Å². The van der Waals surface area contributed by atoms with Gasteiger partial charge in [0.25, 0.3) is 0 Å². The smallest absolute Gasteiger partial charge is 0.220 e. The number of likely N-dealkylation sites (tertiary alicyclic amines) is 2. The van der Waals surface area contributed by atoms with Gasteiger partial charge in [0.1, 0.15) is 0 Å². The van der Waals surface area contributed by atoms with Crippen molar-refractivity contribution >= 4 is 35.8 Å². The molecule has 0 bridgehead atoms. The van der Waals surface area contributed by atoms with E-state index >= 15 is 0 Å². The molecule has 0 aliphatic carbocycles. The van der Waals surface area contributed by atoms with Gasteiger partial charge in [0.05, 0.1) is 0 Å². The van der Waals surface area contributed by atoms with Crippen molar-refractivity contribution in [3.05, 3.63) is 0 Å². The zero-order chi connectivity index (χ0) is 17.9. The molecule has 2 aliphatic rings. The zero-order valence-corrected chi connectivity index (χ0v) is 19.0. The van der Waals surface area contributed by atoms with E-state index < -0.39 is 0 Å². The summed E-state index contributed by atoms with van der Waals surface area (Å²) in [6.45, 7) is 9.76. The molecule has 6 nitrogen and oxygen atoms in total. The lowest BCUT2D eigenvalue weighted by Gasteiger charge is -2.34. The van der Waals surface area contributed by atoms with E-state index in [9.17, 15) is 4.79 Å². The SMILES string of the molecule is CCNC(=NCCCCN1CCCC1)N1CCC(CC(=O)NC)CC1.I. The van der Waals surface area contributed by atoms with Crippen LogP contribution in [0.2, 0.25) is 0 Å².